The number of aliphatic hydroxyl groups is 1. The van der Waals surface area contributed by atoms with Crippen LogP contribution in [-0.4, -0.2) is 38.5 Å². The van der Waals surface area contributed by atoms with Gasteiger partial charge in [0.1, 0.15) is 0 Å². The van der Waals surface area contributed by atoms with Crippen LogP contribution >= 0.6 is 0 Å². The van der Waals surface area contributed by atoms with Gasteiger partial charge in [-0.05, 0) is 7.05 Å². The number of ether oxygens (including phenoxy) is 1. The number of methoxy groups -OCH3 is 1. The summed E-state index contributed by atoms with van der Waals surface area (Å²) in [7, 11) is 3.40. The van der Waals surface area contributed by atoms with Crippen molar-refractivity contribution in [3.8, 4) is 0 Å². The van der Waals surface area contributed by atoms with E-state index in [1.54, 1.807) is 14.2 Å². The molecule has 0 amide bonds. The number of hydrogen-bond donors (Lipinski definition) is 2. The quantitative estimate of drug-likeness (QED) is 0.509. The monoisotopic (exact) mass is 119 g/mol. The van der Waals surface area contributed by atoms with Crippen LogP contribution in [0.5, 0.6) is 0 Å². The topological polar surface area (TPSA) is 41.5 Å². The van der Waals surface area contributed by atoms with Crippen LogP contribution in [-0.2, 0) is 4.74 Å². The average molecular weight is 119 g/mol. The smallest absolute Gasteiger partial charge is 0.0638 e. The Bertz CT molecular complexity index is 45.7. The number of rotatable bonds is 4. The molecule has 2 N–H and O–H groups in total. The summed E-state index contributed by atoms with van der Waals surface area (Å²) in [6.45, 7) is 0.692. The van der Waals surface area contributed by atoms with E-state index >= 15 is 0 Å². The van der Waals surface area contributed by atoms with Crippen molar-refractivity contribution in [2.75, 3.05) is 27.4 Å². The molecule has 1 atom stereocenters. The highest BCUT2D eigenvalue weighted by Crippen LogP contribution is 1.78. The third-order valence-electron chi connectivity index (χ3n) is 0.996. The van der Waals surface area contributed by atoms with Crippen LogP contribution in [0.3, 0.4) is 0 Å². The van der Waals surface area contributed by atoms with Crippen molar-refractivity contribution in [2.45, 2.75) is 6.04 Å². The zero-order valence-corrected chi connectivity index (χ0v) is 5.35. The zero-order valence-electron chi connectivity index (χ0n) is 5.35. The van der Waals surface area contributed by atoms with Crippen molar-refractivity contribution in [3.63, 3.8) is 0 Å². The Hall–Kier alpha value is -0.120. The maximum atomic E-state index is 8.51. The summed E-state index contributed by atoms with van der Waals surface area (Å²) in [5, 5.41) is 11.4. The van der Waals surface area contributed by atoms with Gasteiger partial charge in [0.15, 0.2) is 0 Å². The molecule has 0 aromatic rings. The SMILES string of the molecule is CN[C@H](CO)COC. The van der Waals surface area contributed by atoms with E-state index in [9.17, 15) is 0 Å². The van der Waals surface area contributed by atoms with Gasteiger partial charge in [-0.3, -0.25) is 0 Å². The predicted molar refractivity (Wildman–Crippen MR) is 31.8 cm³/mol. The fourth-order valence-electron chi connectivity index (χ4n) is 0.429. The molecule has 0 rings (SSSR count). The lowest BCUT2D eigenvalue weighted by atomic mass is 10.3. The van der Waals surface area contributed by atoms with Crippen LogP contribution in [0, 0.1) is 0 Å². The fraction of sp³-hybridized carbons (Fsp3) is 1.00. The van der Waals surface area contributed by atoms with E-state index in [1.807, 2.05) is 0 Å². The Labute approximate surface area is 49.7 Å². The molecule has 3 heteroatoms. The summed E-state index contributed by atoms with van der Waals surface area (Å²) in [6.07, 6.45) is 0. The van der Waals surface area contributed by atoms with E-state index < -0.39 is 0 Å². The van der Waals surface area contributed by atoms with Gasteiger partial charge < -0.3 is 15.2 Å². The molecule has 0 saturated heterocycles. The van der Waals surface area contributed by atoms with E-state index in [0.29, 0.717) is 6.61 Å². The summed E-state index contributed by atoms with van der Waals surface area (Å²) in [6, 6.07) is 0.0833. The largest absolute Gasteiger partial charge is 0.395 e. The van der Waals surface area contributed by atoms with Gasteiger partial charge >= 0.3 is 0 Å². The highest BCUT2D eigenvalue weighted by atomic mass is 16.5. The van der Waals surface area contributed by atoms with Crippen LogP contribution in [0.25, 0.3) is 0 Å². The van der Waals surface area contributed by atoms with Crippen molar-refractivity contribution in [1.82, 2.24) is 5.32 Å². The fourth-order valence-corrected chi connectivity index (χ4v) is 0.429. The maximum Gasteiger partial charge on any atom is 0.0638 e. The first-order valence-electron chi connectivity index (χ1n) is 2.62. The van der Waals surface area contributed by atoms with Gasteiger partial charge in [-0.2, -0.15) is 0 Å². The van der Waals surface area contributed by atoms with Gasteiger partial charge in [0.05, 0.1) is 19.3 Å². The van der Waals surface area contributed by atoms with Crippen molar-refractivity contribution in [2.24, 2.45) is 0 Å². The van der Waals surface area contributed by atoms with E-state index in [2.05, 4.69) is 5.32 Å². The standard InChI is InChI=1S/C5H13NO2/c1-6-5(3-7)4-8-2/h5-7H,3-4H2,1-2H3/t5-/m1/s1. The van der Waals surface area contributed by atoms with Crippen LogP contribution in [0.2, 0.25) is 0 Å². The molecule has 0 bridgehead atoms. The van der Waals surface area contributed by atoms with Crippen LogP contribution in [0.4, 0.5) is 0 Å². The van der Waals surface area contributed by atoms with Crippen molar-refractivity contribution >= 4 is 0 Å². The number of aliphatic hydroxyl groups excluding tert-OH is 1. The van der Waals surface area contributed by atoms with Crippen molar-refractivity contribution in [1.29, 1.82) is 0 Å². The predicted octanol–water partition coefficient (Wildman–Crippen LogP) is -0.787. The first-order chi connectivity index (χ1) is 3.85. The van der Waals surface area contributed by atoms with Crippen LogP contribution < -0.4 is 5.32 Å². The Morgan fingerprint density at radius 2 is 2.38 bits per heavy atom. The molecule has 0 radical (unpaired) electrons. The third-order valence-corrected chi connectivity index (χ3v) is 0.996. The highest BCUT2D eigenvalue weighted by molar-refractivity contribution is 4.58. The van der Waals surface area contributed by atoms with Crippen LogP contribution in [0.15, 0.2) is 0 Å². The molecule has 0 unspecified atom stereocenters. The molecule has 3 nitrogen and oxygen atoms in total. The molecule has 0 heterocycles. The number of nitrogens with one attached hydrogen (secondary N) is 1. The molecule has 0 aliphatic carbocycles. The normalized spacial score (nSPS) is 13.9. The highest BCUT2D eigenvalue weighted by Gasteiger charge is 1.99. The second-order valence-electron chi connectivity index (χ2n) is 1.62. The third kappa shape index (κ3) is 2.96. The first kappa shape index (κ1) is 7.88. The first-order valence-corrected chi connectivity index (χ1v) is 2.62. The molecule has 0 aromatic heterocycles. The zero-order chi connectivity index (χ0) is 6.41. The minimum Gasteiger partial charge on any atom is -0.395 e. The van der Waals surface area contributed by atoms with Gasteiger partial charge in [-0.25, -0.2) is 0 Å². The lowest BCUT2D eigenvalue weighted by Crippen LogP contribution is -2.33. The minimum absolute atomic E-state index is 0.0833. The van der Waals surface area contributed by atoms with E-state index in [4.69, 9.17) is 9.84 Å². The van der Waals surface area contributed by atoms with Crippen LogP contribution in [0.1, 0.15) is 0 Å². The molecule has 0 spiro atoms. The molecule has 0 aromatic carbocycles. The molecule has 0 aliphatic heterocycles. The summed E-state index contributed by atoms with van der Waals surface area (Å²) in [5.74, 6) is 0. The van der Waals surface area contributed by atoms with Gasteiger partial charge in [0, 0.05) is 7.11 Å². The Morgan fingerprint density at radius 1 is 1.75 bits per heavy atom. The lowest BCUT2D eigenvalue weighted by molar-refractivity contribution is 0.132. The van der Waals surface area contributed by atoms with Gasteiger partial charge in [-0.15, -0.1) is 0 Å². The van der Waals surface area contributed by atoms with Gasteiger partial charge in [-0.1, -0.05) is 0 Å². The Morgan fingerprint density at radius 3 is 2.50 bits per heavy atom. The van der Waals surface area contributed by atoms with E-state index in [-0.39, 0.29) is 12.6 Å². The summed E-state index contributed by atoms with van der Waals surface area (Å²) in [4.78, 5) is 0. The van der Waals surface area contributed by atoms with E-state index in [0.717, 1.165) is 0 Å². The number of hydrogen-bond acceptors (Lipinski definition) is 3. The lowest BCUT2D eigenvalue weighted by Gasteiger charge is -2.09. The molecule has 0 aliphatic rings. The average Bonchev–Trinajstić information content (AvgIpc) is 1.83. The molecular formula is C5H13NO2. The van der Waals surface area contributed by atoms with Crippen molar-refractivity contribution in [3.05, 3.63) is 0 Å². The Balaban J connectivity index is 3.07. The molecule has 8 heavy (non-hydrogen) atoms. The minimum atomic E-state index is 0.0833. The summed E-state index contributed by atoms with van der Waals surface area (Å²) >= 11 is 0. The second kappa shape index (κ2) is 5.03. The molecule has 0 saturated carbocycles. The molecular weight excluding hydrogens is 106 g/mol. The summed E-state index contributed by atoms with van der Waals surface area (Å²) < 4.78 is 4.76. The van der Waals surface area contributed by atoms with Gasteiger partial charge in [0.2, 0.25) is 0 Å². The number of likely N-dealkylation sites (N-methyl/N-ethyl adjacent to an activating group) is 1. The van der Waals surface area contributed by atoms with Gasteiger partial charge in [0.25, 0.3) is 0 Å². The Kier molecular flexibility index (Phi) is 4.95. The molecule has 0 fully saturated rings. The maximum absolute atomic E-state index is 8.51. The van der Waals surface area contributed by atoms with E-state index in [1.165, 1.54) is 0 Å². The van der Waals surface area contributed by atoms with Crippen molar-refractivity contribution < 1.29 is 9.84 Å². The summed E-state index contributed by atoms with van der Waals surface area (Å²) in [5.41, 5.74) is 0. The second-order valence-corrected chi connectivity index (χ2v) is 1.62. The molecule has 50 valence electrons.